The lowest BCUT2D eigenvalue weighted by Gasteiger charge is -2.02. The van der Waals surface area contributed by atoms with Crippen molar-refractivity contribution >= 4 is 39.6 Å². The molecule has 0 saturated heterocycles. The normalized spacial score (nSPS) is 9.77. The molecule has 0 atom stereocenters. The van der Waals surface area contributed by atoms with Gasteiger partial charge < -0.3 is 0 Å². The predicted octanol–water partition coefficient (Wildman–Crippen LogP) is 3.12. The van der Waals surface area contributed by atoms with E-state index in [1.165, 1.54) is 19.1 Å². The van der Waals surface area contributed by atoms with Crippen molar-refractivity contribution in [2.24, 2.45) is 0 Å². The van der Waals surface area contributed by atoms with E-state index in [-0.39, 0.29) is 5.78 Å². The highest BCUT2D eigenvalue weighted by Gasteiger charge is 2.09. The van der Waals surface area contributed by atoms with Crippen LogP contribution in [0.5, 0.6) is 0 Å². The second-order valence-corrected chi connectivity index (χ2v) is 3.79. The molecule has 2 nitrogen and oxygen atoms in total. The van der Waals surface area contributed by atoms with Gasteiger partial charge in [0.25, 0.3) is 0 Å². The maximum absolute atomic E-state index is 11.0. The third kappa shape index (κ3) is 2.17. The van der Waals surface area contributed by atoms with Gasteiger partial charge in [-0.3, -0.25) is 9.59 Å². The first-order chi connectivity index (χ1) is 6.06. The average Bonchev–Trinajstić information content (AvgIpc) is 2.07. The first kappa shape index (κ1) is 10.4. The highest BCUT2D eigenvalue weighted by Crippen LogP contribution is 2.24. The fourth-order valence-corrected chi connectivity index (χ4v) is 1.77. The molecule has 13 heavy (non-hydrogen) atoms. The van der Waals surface area contributed by atoms with E-state index >= 15 is 0 Å². The summed E-state index contributed by atoms with van der Waals surface area (Å²) in [6.07, 6.45) is 0.650. The summed E-state index contributed by atoms with van der Waals surface area (Å²) in [5.74, 6) is -0.0915. The molecule has 1 aromatic rings. The number of aldehydes is 1. The second-order valence-electron chi connectivity index (χ2n) is 2.53. The van der Waals surface area contributed by atoms with Gasteiger partial charge in [-0.05, 0) is 19.1 Å². The van der Waals surface area contributed by atoms with Crippen LogP contribution in [-0.2, 0) is 0 Å². The standard InChI is InChI=1S/C9H6BrClO2/c1-5(13)7-3-9(11)6(4-12)2-8(7)10/h2-4H,1H3. The van der Waals surface area contributed by atoms with Crippen molar-refractivity contribution < 1.29 is 9.59 Å². The molecule has 68 valence electrons. The Hall–Kier alpha value is -0.670. The molecule has 4 heteroatoms. The molecule has 0 N–H and O–H groups in total. The Balaban J connectivity index is 3.36. The average molecular weight is 262 g/mol. The van der Waals surface area contributed by atoms with Crippen LogP contribution in [-0.4, -0.2) is 12.1 Å². The van der Waals surface area contributed by atoms with Gasteiger partial charge in [0, 0.05) is 15.6 Å². The molecule has 0 aliphatic rings. The van der Waals surface area contributed by atoms with Gasteiger partial charge in [0.1, 0.15) is 0 Å². The molecule has 0 radical (unpaired) electrons. The molecule has 0 heterocycles. The lowest BCUT2D eigenvalue weighted by atomic mass is 10.1. The van der Waals surface area contributed by atoms with Gasteiger partial charge in [0.2, 0.25) is 0 Å². The molecule has 1 rings (SSSR count). The molecule has 0 fully saturated rings. The maximum atomic E-state index is 11.0. The van der Waals surface area contributed by atoms with Crippen molar-refractivity contribution in [1.82, 2.24) is 0 Å². The summed E-state index contributed by atoms with van der Waals surface area (Å²) in [5.41, 5.74) is 0.856. The minimum Gasteiger partial charge on any atom is -0.298 e. The second kappa shape index (κ2) is 4.03. The van der Waals surface area contributed by atoms with Crippen LogP contribution in [0.1, 0.15) is 27.6 Å². The Kier molecular flexibility index (Phi) is 3.22. The zero-order chi connectivity index (χ0) is 10.0. The molecule has 0 saturated carbocycles. The van der Waals surface area contributed by atoms with E-state index in [2.05, 4.69) is 15.9 Å². The van der Waals surface area contributed by atoms with Crippen molar-refractivity contribution in [3.63, 3.8) is 0 Å². The van der Waals surface area contributed by atoms with E-state index in [1.807, 2.05) is 0 Å². The molecule has 1 aromatic carbocycles. The van der Waals surface area contributed by atoms with Gasteiger partial charge in [-0.2, -0.15) is 0 Å². The summed E-state index contributed by atoms with van der Waals surface area (Å²) in [6, 6.07) is 3.02. The Labute approximate surface area is 89.0 Å². The largest absolute Gasteiger partial charge is 0.298 e. The van der Waals surface area contributed by atoms with Crippen LogP contribution in [0.4, 0.5) is 0 Å². The van der Waals surface area contributed by atoms with Gasteiger partial charge in [-0.1, -0.05) is 27.5 Å². The molecule has 0 aromatic heterocycles. The third-order valence-electron chi connectivity index (χ3n) is 1.59. The predicted molar refractivity (Wildman–Crippen MR) is 54.5 cm³/mol. The van der Waals surface area contributed by atoms with Crippen molar-refractivity contribution in [2.75, 3.05) is 0 Å². The Morgan fingerprint density at radius 1 is 1.54 bits per heavy atom. The zero-order valence-corrected chi connectivity index (χ0v) is 9.15. The highest BCUT2D eigenvalue weighted by molar-refractivity contribution is 9.10. The number of carbonyl (C=O) groups excluding carboxylic acids is 2. The van der Waals surface area contributed by atoms with Crippen LogP contribution >= 0.6 is 27.5 Å². The fraction of sp³-hybridized carbons (Fsp3) is 0.111. The first-order valence-electron chi connectivity index (χ1n) is 3.51. The Morgan fingerprint density at radius 3 is 2.62 bits per heavy atom. The number of rotatable bonds is 2. The van der Waals surface area contributed by atoms with E-state index < -0.39 is 0 Å². The van der Waals surface area contributed by atoms with E-state index in [0.29, 0.717) is 26.9 Å². The lowest BCUT2D eigenvalue weighted by molar-refractivity contribution is 0.101. The van der Waals surface area contributed by atoms with Crippen molar-refractivity contribution in [3.05, 3.63) is 32.8 Å². The van der Waals surface area contributed by atoms with Crippen molar-refractivity contribution in [3.8, 4) is 0 Å². The van der Waals surface area contributed by atoms with Crippen LogP contribution in [0.2, 0.25) is 5.02 Å². The van der Waals surface area contributed by atoms with Gasteiger partial charge >= 0.3 is 0 Å². The number of ketones is 1. The van der Waals surface area contributed by atoms with Gasteiger partial charge in [0.05, 0.1) is 5.02 Å². The van der Waals surface area contributed by atoms with Gasteiger partial charge in [-0.25, -0.2) is 0 Å². The number of Topliss-reactive ketones (excluding diaryl/α,β-unsaturated/α-hetero) is 1. The Morgan fingerprint density at radius 2 is 2.15 bits per heavy atom. The number of hydrogen-bond donors (Lipinski definition) is 0. The summed E-state index contributed by atoms with van der Waals surface area (Å²) >= 11 is 8.93. The zero-order valence-electron chi connectivity index (χ0n) is 6.80. The summed E-state index contributed by atoms with van der Waals surface area (Å²) in [7, 11) is 0. The summed E-state index contributed by atoms with van der Waals surface area (Å²) in [6.45, 7) is 1.44. The third-order valence-corrected chi connectivity index (χ3v) is 2.58. The van der Waals surface area contributed by atoms with E-state index in [4.69, 9.17) is 11.6 Å². The smallest absolute Gasteiger partial charge is 0.160 e. The van der Waals surface area contributed by atoms with E-state index in [9.17, 15) is 9.59 Å². The molecule has 0 unspecified atom stereocenters. The molecule has 0 aliphatic carbocycles. The monoisotopic (exact) mass is 260 g/mol. The SMILES string of the molecule is CC(=O)c1cc(Cl)c(C=O)cc1Br. The number of halogens is 2. The molecular formula is C9H6BrClO2. The van der Waals surface area contributed by atoms with E-state index in [0.717, 1.165) is 0 Å². The maximum Gasteiger partial charge on any atom is 0.160 e. The topological polar surface area (TPSA) is 34.1 Å². The fourth-order valence-electron chi connectivity index (χ4n) is 0.922. The quantitative estimate of drug-likeness (QED) is 0.605. The van der Waals surface area contributed by atoms with E-state index in [1.54, 1.807) is 0 Å². The summed E-state index contributed by atoms with van der Waals surface area (Å²) in [5, 5.41) is 0.295. The van der Waals surface area contributed by atoms with Crippen LogP contribution in [0.3, 0.4) is 0 Å². The van der Waals surface area contributed by atoms with Crippen LogP contribution in [0.15, 0.2) is 16.6 Å². The first-order valence-corrected chi connectivity index (χ1v) is 4.68. The minimum atomic E-state index is -0.0915. The molecule has 0 bridgehead atoms. The lowest BCUT2D eigenvalue weighted by Crippen LogP contribution is -1.95. The van der Waals surface area contributed by atoms with Crippen molar-refractivity contribution in [1.29, 1.82) is 0 Å². The molecular weight excluding hydrogens is 255 g/mol. The van der Waals surface area contributed by atoms with Crippen LogP contribution in [0, 0.1) is 0 Å². The molecule has 0 spiro atoms. The summed E-state index contributed by atoms with van der Waals surface area (Å²) in [4.78, 5) is 21.5. The Bertz CT molecular complexity index is 374. The molecule has 0 aliphatic heterocycles. The van der Waals surface area contributed by atoms with Crippen LogP contribution < -0.4 is 0 Å². The molecule has 0 amide bonds. The summed E-state index contributed by atoms with van der Waals surface area (Å²) < 4.78 is 0.589. The van der Waals surface area contributed by atoms with Crippen LogP contribution in [0.25, 0.3) is 0 Å². The number of carbonyl (C=O) groups is 2. The minimum absolute atomic E-state index is 0.0915. The number of hydrogen-bond acceptors (Lipinski definition) is 2. The number of benzene rings is 1. The van der Waals surface area contributed by atoms with Gasteiger partial charge in [0.15, 0.2) is 12.1 Å². The van der Waals surface area contributed by atoms with Crippen molar-refractivity contribution in [2.45, 2.75) is 6.92 Å². The van der Waals surface area contributed by atoms with Gasteiger partial charge in [-0.15, -0.1) is 0 Å². The highest BCUT2D eigenvalue weighted by atomic mass is 79.9.